The second-order valence-electron chi connectivity index (χ2n) is 5.67. The maximum absolute atomic E-state index is 6.22. The van der Waals surface area contributed by atoms with E-state index in [1.807, 2.05) is 13.0 Å². The van der Waals surface area contributed by atoms with Crippen LogP contribution in [0.15, 0.2) is 35.0 Å². The molecule has 21 heavy (non-hydrogen) atoms. The highest BCUT2D eigenvalue weighted by Crippen LogP contribution is 2.40. The highest BCUT2D eigenvalue weighted by Gasteiger charge is 2.31. The molecule has 1 aromatic heterocycles. The summed E-state index contributed by atoms with van der Waals surface area (Å²) in [5.41, 5.74) is 9.92. The second kappa shape index (κ2) is 6.08. The molecule has 0 radical (unpaired) electrons. The summed E-state index contributed by atoms with van der Waals surface area (Å²) in [6.45, 7) is 2.97. The Morgan fingerprint density at radius 2 is 2.19 bits per heavy atom. The molecule has 1 aliphatic rings. The maximum atomic E-state index is 6.22. The Kier molecular flexibility index (Phi) is 4.17. The van der Waals surface area contributed by atoms with Crippen LogP contribution in [0.1, 0.15) is 36.9 Å². The summed E-state index contributed by atoms with van der Waals surface area (Å²) in [5, 5.41) is 4.36. The predicted molar refractivity (Wildman–Crippen MR) is 89.1 cm³/mol. The smallest absolute Gasteiger partial charge is 0.125 e. The minimum atomic E-state index is -0.0418. The lowest BCUT2D eigenvalue weighted by Crippen LogP contribution is -2.27. The summed E-state index contributed by atoms with van der Waals surface area (Å²) in [4.78, 5) is 2.49. The normalized spacial score (nSPS) is 15.8. The van der Waals surface area contributed by atoms with Gasteiger partial charge in [0.1, 0.15) is 5.75 Å². The fourth-order valence-electron chi connectivity index (χ4n) is 2.80. The van der Waals surface area contributed by atoms with E-state index in [1.165, 1.54) is 24.1 Å². The Bertz CT molecular complexity index is 591. The van der Waals surface area contributed by atoms with Gasteiger partial charge in [-0.15, -0.1) is 0 Å². The molecule has 1 heterocycles. The van der Waals surface area contributed by atoms with Crippen molar-refractivity contribution in [3.8, 4) is 5.75 Å². The van der Waals surface area contributed by atoms with Gasteiger partial charge in [-0.1, -0.05) is 6.07 Å². The molecule has 1 fully saturated rings. The monoisotopic (exact) mass is 302 g/mol. The van der Waals surface area contributed by atoms with Crippen LogP contribution < -0.4 is 15.4 Å². The van der Waals surface area contributed by atoms with Crippen LogP contribution >= 0.6 is 11.3 Å². The third-order valence-corrected chi connectivity index (χ3v) is 4.68. The molecule has 1 atom stereocenters. The highest BCUT2D eigenvalue weighted by atomic mass is 32.1. The Balaban J connectivity index is 1.99. The average molecular weight is 302 g/mol. The number of hydrogen-bond acceptors (Lipinski definition) is 4. The Morgan fingerprint density at radius 3 is 2.76 bits per heavy atom. The van der Waals surface area contributed by atoms with Crippen molar-refractivity contribution >= 4 is 17.0 Å². The summed E-state index contributed by atoms with van der Waals surface area (Å²) >= 11 is 1.75. The van der Waals surface area contributed by atoms with Crippen LogP contribution in [-0.4, -0.2) is 13.2 Å². The van der Waals surface area contributed by atoms with Crippen LogP contribution in [0.2, 0.25) is 0 Å². The highest BCUT2D eigenvalue weighted by molar-refractivity contribution is 7.07. The molecule has 112 valence electrons. The fraction of sp³-hybridized carbons (Fsp3) is 0.412. The van der Waals surface area contributed by atoms with E-state index in [1.54, 1.807) is 18.4 Å². The molecule has 4 heteroatoms. The second-order valence-corrected chi connectivity index (χ2v) is 6.45. The molecule has 2 aromatic rings. The topological polar surface area (TPSA) is 38.5 Å². The van der Waals surface area contributed by atoms with Gasteiger partial charge < -0.3 is 15.4 Å². The van der Waals surface area contributed by atoms with Gasteiger partial charge in [0, 0.05) is 29.9 Å². The van der Waals surface area contributed by atoms with E-state index in [9.17, 15) is 0 Å². The summed E-state index contributed by atoms with van der Waals surface area (Å²) in [7, 11) is 1.71. The number of nitrogens with zero attached hydrogens (tertiary/aromatic N) is 1. The molecule has 0 aliphatic heterocycles. The fourth-order valence-corrected chi connectivity index (χ4v) is 3.45. The van der Waals surface area contributed by atoms with Gasteiger partial charge in [-0.3, -0.25) is 0 Å². The first-order valence-electron chi connectivity index (χ1n) is 7.41. The average Bonchev–Trinajstić information content (AvgIpc) is 3.20. The third kappa shape index (κ3) is 3.06. The number of methoxy groups -OCH3 is 1. The summed E-state index contributed by atoms with van der Waals surface area (Å²) in [6, 6.07) is 9.02. The summed E-state index contributed by atoms with van der Waals surface area (Å²) in [5.74, 6) is 0.887. The standard InChI is InChI=1S/C17H22N2OS/c1-12(18)17-15(4-3-5-16(17)20-2)19(14-6-7-14)10-13-8-9-21-11-13/h3-5,8-9,11-12,14H,6-7,10,18H2,1-2H3. The number of rotatable bonds is 6. The van der Waals surface area contributed by atoms with Gasteiger partial charge in [0.2, 0.25) is 0 Å². The molecule has 1 unspecified atom stereocenters. The van der Waals surface area contributed by atoms with E-state index in [0.717, 1.165) is 17.9 Å². The van der Waals surface area contributed by atoms with Crippen LogP contribution in [0.3, 0.4) is 0 Å². The zero-order valence-corrected chi connectivity index (χ0v) is 13.4. The largest absolute Gasteiger partial charge is 0.496 e. The van der Waals surface area contributed by atoms with Crippen LogP contribution in [-0.2, 0) is 6.54 Å². The maximum Gasteiger partial charge on any atom is 0.125 e. The first-order chi connectivity index (χ1) is 10.2. The van der Waals surface area contributed by atoms with Crippen LogP contribution in [0.25, 0.3) is 0 Å². The van der Waals surface area contributed by atoms with Crippen molar-refractivity contribution in [2.45, 2.75) is 38.4 Å². The minimum absolute atomic E-state index is 0.0418. The molecule has 0 spiro atoms. The van der Waals surface area contributed by atoms with Crippen LogP contribution in [0.5, 0.6) is 5.75 Å². The van der Waals surface area contributed by atoms with E-state index < -0.39 is 0 Å². The quantitative estimate of drug-likeness (QED) is 0.878. The lowest BCUT2D eigenvalue weighted by molar-refractivity contribution is 0.407. The van der Waals surface area contributed by atoms with Crippen LogP contribution in [0, 0.1) is 0 Å². The molecule has 0 amide bonds. The predicted octanol–water partition coefficient (Wildman–Crippen LogP) is 3.95. The van der Waals surface area contributed by atoms with E-state index in [2.05, 4.69) is 33.9 Å². The molecular formula is C17H22N2OS. The van der Waals surface area contributed by atoms with Crippen molar-refractivity contribution in [3.05, 3.63) is 46.2 Å². The van der Waals surface area contributed by atoms with E-state index >= 15 is 0 Å². The lowest BCUT2D eigenvalue weighted by atomic mass is 10.0. The Morgan fingerprint density at radius 1 is 1.38 bits per heavy atom. The Labute approximate surface area is 130 Å². The molecule has 2 N–H and O–H groups in total. The molecule has 0 saturated heterocycles. The minimum Gasteiger partial charge on any atom is -0.496 e. The van der Waals surface area contributed by atoms with E-state index in [0.29, 0.717) is 6.04 Å². The molecule has 1 aromatic carbocycles. The third-order valence-electron chi connectivity index (χ3n) is 3.95. The van der Waals surface area contributed by atoms with Crippen molar-refractivity contribution < 1.29 is 4.74 Å². The van der Waals surface area contributed by atoms with Gasteiger partial charge >= 0.3 is 0 Å². The molecule has 0 bridgehead atoms. The van der Waals surface area contributed by atoms with Gasteiger partial charge in [-0.2, -0.15) is 11.3 Å². The zero-order chi connectivity index (χ0) is 14.8. The van der Waals surface area contributed by atoms with E-state index in [-0.39, 0.29) is 6.04 Å². The van der Waals surface area contributed by atoms with Gasteiger partial charge in [-0.05, 0) is 54.3 Å². The van der Waals surface area contributed by atoms with Crippen molar-refractivity contribution in [2.24, 2.45) is 5.73 Å². The molecule has 3 rings (SSSR count). The number of benzene rings is 1. The number of anilines is 1. The SMILES string of the molecule is COc1cccc(N(Cc2ccsc2)C2CC2)c1C(C)N. The number of ether oxygens (including phenoxy) is 1. The summed E-state index contributed by atoms with van der Waals surface area (Å²) in [6.07, 6.45) is 2.53. The first kappa shape index (κ1) is 14.4. The first-order valence-corrected chi connectivity index (χ1v) is 8.35. The zero-order valence-electron chi connectivity index (χ0n) is 12.6. The van der Waals surface area contributed by atoms with Gasteiger partial charge in [0.15, 0.2) is 0 Å². The van der Waals surface area contributed by atoms with Crippen molar-refractivity contribution in [1.29, 1.82) is 0 Å². The van der Waals surface area contributed by atoms with Crippen molar-refractivity contribution in [3.63, 3.8) is 0 Å². The number of nitrogens with two attached hydrogens (primary N) is 1. The summed E-state index contributed by atoms with van der Waals surface area (Å²) < 4.78 is 5.53. The number of hydrogen-bond donors (Lipinski definition) is 1. The lowest BCUT2D eigenvalue weighted by Gasteiger charge is -2.29. The molecule has 1 saturated carbocycles. The van der Waals surface area contributed by atoms with Gasteiger partial charge in [-0.25, -0.2) is 0 Å². The van der Waals surface area contributed by atoms with Gasteiger partial charge in [0.25, 0.3) is 0 Å². The van der Waals surface area contributed by atoms with E-state index in [4.69, 9.17) is 10.5 Å². The Hall–Kier alpha value is -1.52. The number of thiophene rings is 1. The van der Waals surface area contributed by atoms with Crippen molar-refractivity contribution in [1.82, 2.24) is 0 Å². The van der Waals surface area contributed by atoms with Gasteiger partial charge in [0.05, 0.1) is 7.11 Å². The van der Waals surface area contributed by atoms with Crippen molar-refractivity contribution in [2.75, 3.05) is 12.0 Å². The molecule has 1 aliphatic carbocycles. The molecule has 3 nitrogen and oxygen atoms in total. The van der Waals surface area contributed by atoms with Crippen LogP contribution in [0.4, 0.5) is 5.69 Å². The molecular weight excluding hydrogens is 280 g/mol.